The number of nitrogens with zero attached hydrogens (tertiary/aromatic N) is 2. The number of nitrogens with two attached hydrogens (primary N) is 2. The van der Waals surface area contributed by atoms with E-state index in [4.69, 9.17) is 16.2 Å². The quantitative estimate of drug-likeness (QED) is 0.342. The average molecular weight is 504 g/mol. The lowest BCUT2D eigenvalue weighted by Gasteiger charge is -2.14. The summed E-state index contributed by atoms with van der Waals surface area (Å²) in [6.45, 7) is 1.21. The summed E-state index contributed by atoms with van der Waals surface area (Å²) in [6.07, 6.45) is 10.9. The van der Waals surface area contributed by atoms with Gasteiger partial charge in [0.05, 0.1) is 25.4 Å². The third-order valence-electron chi connectivity index (χ3n) is 6.39. The van der Waals surface area contributed by atoms with Crippen molar-refractivity contribution in [3.8, 4) is 5.75 Å². The number of fused-ring (bicyclic) bond motifs is 4. The van der Waals surface area contributed by atoms with Gasteiger partial charge in [-0.05, 0) is 79.2 Å². The molecule has 36 heavy (non-hydrogen) atoms. The second-order valence-electron chi connectivity index (χ2n) is 8.67. The van der Waals surface area contributed by atoms with Crippen molar-refractivity contribution in [2.24, 2.45) is 11.5 Å². The standard InChI is InChI=1S/C22H20N2O2S.C6H13N3/c1-26-18-11-10-14-6-2-3-7-15(14)17(18)12-24-13-23-21-20(22(24)25)16-8-4-5-9-19(16)27-21;1-9-5-6(4-8)2-3-7/h2-3,6-7,10-11,13H,4-5,8-9,12H2,1H3;2-4,9H,5,7-8H2,1H3/b;3-2-,6-4+. The Bertz CT molecular complexity index is 1470. The molecule has 0 saturated heterocycles. The highest BCUT2D eigenvalue weighted by molar-refractivity contribution is 7.18. The molecule has 2 aromatic carbocycles. The zero-order chi connectivity index (χ0) is 25.5. The SMILES string of the molecule is CNCC(/C=C\N)=C/N.COc1ccc2ccccc2c1Cn1cnc2sc3c(c2c1=O)CCCC3. The van der Waals surface area contributed by atoms with E-state index < -0.39 is 0 Å². The first-order valence-corrected chi connectivity index (χ1v) is 12.9. The minimum absolute atomic E-state index is 0.0642. The zero-order valence-corrected chi connectivity index (χ0v) is 21.6. The number of hydrogen-bond donors (Lipinski definition) is 3. The van der Waals surface area contributed by atoms with Crippen molar-refractivity contribution in [2.75, 3.05) is 20.7 Å². The van der Waals surface area contributed by atoms with Gasteiger partial charge in [-0.25, -0.2) is 4.98 Å². The molecule has 2 aromatic heterocycles. The number of nitrogens with one attached hydrogen (secondary N) is 1. The summed E-state index contributed by atoms with van der Waals surface area (Å²) in [6, 6.07) is 12.2. The van der Waals surface area contributed by atoms with E-state index in [9.17, 15) is 4.79 Å². The summed E-state index contributed by atoms with van der Waals surface area (Å²) in [5.74, 6) is 0.799. The number of aromatic nitrogens is 2. The van der Waals surface area contributed by atoms with Crippen molar-refractivity contribution in [3.63, 3.8) is 0 Å². The molecule has 0 radical (unpaired) electrons. The minimum Gasteiger partial charge on any atom is -0.496 e. The summed E-state index contributed by atoms with van der Waals surface area (Å²) in [4.78, 5) is 20.1. The fourth-order valence-electron chi connectivity index (χ4n) is 4.64. The Balaban J connectivity index is 0.000000292. The Morgan fingerprint density at radius 2 is 2.00 bits per heavy atom. The third-order valence-corrected chi connectivity index (χ3v) is 7.59. The maximum atomic E-state index is 13.3. The summed E-state index contributed by atoms with van der Waals surface area (Å²) in [7, 11) is 3.53. The molecule has 0 spiro atoms. The minimum atomic E-state index is 0.0642. The maximum absolute atomic E-state index is 13.3. The zero-order valence-electron chi connectivity index (χ0n) is 20.8. The Morgan fingerprint density at radius 1 is 1.19 bits per heavy atom. The molecule has 5 rings (SSSR count). The van der Waals surface area contributed by atoms with Crippen molar-refractivity contribution in [1.82, 2.24) is 14.9 Å². The Labute approximate surface area is 215 Å². The normalized spacial score (nSPS) is 13.6. The lowest BCUT2D eigenvalue weighted by Crippen LogP contribution is -2.22. The maximum Gasteiger partial charge on any atom is 0.262 e. The predicted molar refractivity (Wildman–Crippen MR) is 150 cm³/mol. The van der Waals surface area contributed by atoms with E-state index in [-0.39, 0.29) is 5.56 Å². The summed E-state index contributed by atoms with van der Waals surface area (Å²) >= 11 is 1.69. The number of aryl methyl sites for hydroxylation is 2. The van der Waals surface area contributed by atoms with Gasteiger partial charge in [0, 0.05) is 17.0 Å². The van der Waals surface area contributed by atoms with E-state index in [1.165, 1.54) is 29.3 Å². The third kappa shape index (κ3) is 5.29. The van der Waals surface area contributed by atoms with Crippen LogP contribution in [-0.4, -0.2) is 30.3 Å². The van der Waals surface area contributed by atoms with Gasteiger partial charge in [-0.1, -0.05) is 30.3 Å². The van der Waals surface area contributed by atoms with Crippen LogP contribution in [0, 0.1) is 0 Å². The summed E-state index contributed by atoms with van der Waals surface area (Å²) in [5, 5.41) is 6.03. The van der Waals surface area contributed by atoms with Crippen molar-refractivity contribution in [2.45, 2.75) is 32.2 Å². The molecular formula is C28H33N5O2S. The van der Waals surface area contributed by atoms with Gasteiger partial charge in [0.2, 0.25) is 0 Å². The predicted octanol–water partition coefficient (Wildman–Crippen LogP) is 4.07. The average Bonchev–Trinajstić information content (AvgIpc) is 3.30. The van der Waals surface area contributed by atoms with Crippen LogP contribution in [0.1, 0.15) is 28.8 Å². The molecule has 0 fully saturated rings. The molecule has 2 heterocycles. The van der Waals surface area contributed by atoms with E-state index >= 15 is 0 Å². The fraction of sp³-hybridized carbons (Fsp3) is 0.286. The van der Waals surface area contributed by atoms with Gasteiger partial charge in [0.15, 0.2) is 0 Å². The van der Waals surface area contributed by atoms with E-state index in [1.54, 1.807) is 35.4 Å². The number of hydrogen-bond acceptors (Lipinski definition) is 7. The number of benzene rings is 2. The second-order valence-corrected chi connectivity index (χ2v) is 9.75. The molecule has 1 aliphatic rings. The molecule has 188 valence electrons. The van der Waals surface area contributed by atoms with E-state index in [1.807, 2.05) is 25.2 Å². The molecule has 0 amide bonds. The van der Waals surface area contributed by atoms with Gasteiger partial charge in [-0.3, -0.25) is 9.36 Å². The van der Waals surface area contributed by atoms with Gasteiger partial charge in [-0.2, -0.15) is 0 Å². The molecule has 0 bridgehead atoms. The molecule has 8 heteroatoms. The fourth-order valence-corrected chi connectivity index (χ4v) is 5.86. The van der Waals surface area contributed by atoms with Crippen molar-refractivity contribution in [1.29, 1.82) is 0 Å². The van der Waals surface area contributed by atoms with E-state index in [0.29, 0.717) is 6.54 Å². The van der Waals surface area contributed by atoms with Crippen molar-refractivity contribution >= 4 is 32.3 Å². The number of methoxy groups -OCH3 is 1. The molecule has 0 atom stereocenters. The van der Waals surface area contributed by atoms with Gasteiger partial charge in [0.25, 0.3) is 5.56 Å². The molecule has 0 unspecified atom stereocenters. The number of rotatable bonds is 6. The molecular weight excluding hydrogens is 470 g/mol. The molecule has 1 aliphatic carbocycles. The van der Waals surface area contributed by atoms with Gasteiger partial charge >= 0.3 is 0 Å². The van der Waals surface area contributed by atoms with Crippen LogP contribution >= 0.6 is 11.3 Å². The Kier molecular flexibility index (Phi) is 8.40. The Morgan fingerprint density at radius 3 is 2.75 bits per heavy atom. The van der Waals surface area contributed by atoms with Gasteiger partial charge < -0.3 is 21.5 Å². The first-order chi connectivity index (χ1) is 17.6. The van der Waals surface area contributed by atoms with Crippen LogP contribution in [0.15, 0.2) is 71.6 Å². The monoisotopic (exact) mass is 503 g/mol. The van der Waals surface area contributed by atoms with E-state index in [0.717, 1.165) is 63.7 Å². The first-order valence-electron chi connectivity index (χ1n) is 12.1. The first kappa shape index (κ1) is 25.5. The van der Waals surface area contributed by atoms with Gasteiger partial charge in [0.1, 0.15) is 10.6 Å². The molecule has 5 N–H and O–H groups in total. The van der Waals surface area contributed by atoms with Crippen molar-refractivity contribution in [3.05, 3.63) is 93.1 Å². The highest BCUT2D eigenvalue weighted by Crippen LogP contribution is 2.34. The summed E-state index contributed by atoms with van der Waals surface area (Å²) in [5.41, 5.74) is 13.7. The Hall–Kier alpha value is -3.62. The highest BCUT2D eigenvalue weighted by atomic mass is 32.1. The van der Waals surface area contributed by atoms with Crippen LogP contribution in [0.2, 0.25) is 0 Å². The van der Waals surface area contributed by atoms with E-state index in [2.05, 4.69) is 28.5 Å². The molecule has 4 aromatic rings. The number of likely N-dealkylation sites (N-methyl/N-ethyl adjacent to an activating group) is 1. The summed E-state index contributed by atoms with van der Waals surface area (Å²) < 4.78 is 7.33. The van der Waals surface area contributed by atoms with Crippen LogP contribution in [0.5, 0.6) is 5.75 Å². The van der Waals surface area contributed by atoms with Crippen LogP contribution in [0.25, 0.3) is 21.0 Å². The molecule has 0 saturated carbocycles. The van der Waals surface area contributed by atoms with Crippen molar-refractivity contribution < 1.29 is 4.74 Å². The topological polar surface area (TPSA) is 108 Å². The molecule has 0 aliphatic heterocycles. The smallest absolute Gasteiger partial charge is 0.262 e. The van der Waals surface area contributed by atoms with Crippen LogP contribution in [0.4, 0.5) is 0 Å². The number of ether oxygens (including phenoxy) is 1. The van der Waals surface area contributed by atoms with Crippen LogP contribution < -0.4 is 27.1 Å². The van der Waals surface area contributed by atoms with Gasteiger partial charge in [-0.15, -0.1) is 11.3 Å². The lowest BCUT2D eigenvalue weighted by atomic mass is 9.97. The highest BCUT2D eigenvalue weighted by Gasteiger charge is 2.20. The number of thiophene rings is 1. The largest absolute Gasteiger partial charge is 0.496 e. The lowest BCUT2D eigenvalue weighted by molar-refractivity contribution is 0.409. The second kappa shape index (κ2) is 11.9. The molecule has 7 nitrogen and oxygen atoms in total. The van der Waals surface area contributed by atoms with Crippen LogP contribution in [-0.2, 0) is 19.4 Å². The van der Waals surface area contributed by atoms with Crippen LogP contribution in [0.3, 0.4) is 0 Å².